The molecule has 0 spiro atoms. The van der Waals surface area contributed by atoms with Crippen LogP contribution < -0.4 is 16.2 Å². The van der Waals surface area contributed by atoms with E-state index in [-0.39, 0.29) is 16.2 Å². The lowest BCUT2D eigenvalue weighted by molar-refractivity contribution is 0.402. The van der Waals surface area contributed by atoms with Crippen LogP contribution in [0.25, 0.3) is 11.0 Å². The van der Waals surface area contributed by atoms with E-state index in [1.165, 1.54) is 19.2 Å². The van der Waals surface area contributed by atoms with Gasteiger partial charge in [-0.3, -0.25) is 0 Å². The molecule has 0 bridgehead atoms. The van der Waals surface area contributed by atoms with Crippen molar-refractivity contribution in [3.05, 3.63) is 51.9 Å². The highest BCUT2D eigenvalue weighted by Crippen LogP contribution is 2.30. The molecule has 0 amide bonds. The molecular weight excluding hydrogens is 330 g/mol. The molecule has 0 aliphatic carbocycles. The van der Waals surface area contributed by atoms with Crippen LogP contribution in [-0.2, 0) is 10.0 Å². The van der Waals surface area contributed by atoms with Gasteiger partial charge in [-0.2, -0.15) is 3.97 Å². The van der Waals surface area contributed by atoms with E-state index in [0.717, 1.165) is 11.1 Å². The molecule has 0 fully saturated rings. The van der Waals surface area contributed by atoms with Crippen LogP contribution in [0, 0.1) is 13.8 Å². The first kappa shape index (κ1) is 16.1. The van der Waals surface area contributed by atoms with Gasteiger partial charge in [0.25, 0.3) is 10.0 Å². The number of nitrogen functional groups attached to an aromatic ring is 1. The second kappa shape index (κ2) is 5.41. The van der Waals surface area contributed by atoms with Gasteiger partial charge in [-0.15, -0.1) is 0 Å². The average molecular weight is 347 g/mol. The van der Waals surface area contributed by atoms with Crippen LogP contribution in [0.3, 0.4) is 0 Å². The zero-order valence-electron chi connectivity index (χ0n) is 13.5. The van der Waals surface area contributed by atoms with Gasteiger partial charge in [0.05, 0.1) is 18.1 Å². The number of nitrogens with one attached hydrogen (secondary N) is 1. The molecule has 3 aromatic rings. The Balaban J connectivity index is 2.38. The number of rotatable bonds is 3. The van der Waals surface area contributed by atoms with E-state index in [2.05, 4.69) is 4.98 Å². The topological polar surface area (TPSA) is 107 Å². The van der Waals surface area contributed by atoms with Gasteiger partial charge in [-0.1, -0.05) is 0 Å². The summed E-state index contributed by atoms with van der Waals surface area (Å²) in [5, 5.41) is 0. The summed E-state index contributed by atoms with van der Waals surface area (Å²) in [5.41, 5.74) is 7.59. The number of aromatic nitrogens is 2. The van der Waals surface area contributed by atoms with E-state index in [9.17, 15) is 13.2 Å². The minimum atomic E-state index is -4.16. The number of anilines is 1. The Kier molecular flexibility index (Phi) is 3.64. The van der Waals surface area contributed by atoms with Crippen molar-refractivity contribution in [1.29, 1.82) is 0 Å². The molecule has 0 radical (unpaired) electrons. The summed E-state index contributed by atoms with van der Waals surface area (Å²) in [7, 11) is -2.77. The summed E-state index contributed by atoms with van der Waals surface area (Å²) in [6, 6.07) is 7.73. The molecule has 0 aliphatic heterocycles. The number of aromatic amines is 1. The van der Waals surface area contributed by atoms with Crippen molar-refractivity contribution in [2.45, 2.75) is 18.7 Å². The molecule has 1 heterocycles. The number of aryl methyl sites for hydroxylation is 2. The van der Waals surface area contributed by atoms with Crippen LogP contribution in [0.2, 0.25) is 0 Å². The maximum Gasteiger partial charge on any atom is 0.340 e. The van der Waals surface area contributed by atoms with Crippen LogP contribution in [0.4, 0.5) is 5.69 Å². The lowest BCUT2D eigenvalue weighted by atomic mass is 10.1. The van der Waals surface area contributed by atoms with Crippen LogP contribution in [0.5, 0.6) is 5.75 Å². The number of imidazole rings is 1. The largest absolute Gasteiger partial charge is 0.495 e. The molecule has 8 heteroatoms. The molecular formula is C16H17N3O4S. The van der Waals surface area contributed by atoms with Crippen molar-refractivity contribution in [2.75, 3.05) is 12.8 Å². The first-order chi connectivity index (χ1) is 11.3. The zero-order chi connectivity index (χ0) is 17.6. The van der Waals surface area contributed by atoms with Gasteiger partial charge in [0.1, 0.15) is 10.6 Å². The molecule has 24 heavy (non-hydrogen) atoms. The Morgan fingerprint density at radius 3 is 2.46 bits per heavy atom. The number of methoxy groups -OCH3 is 1. The van der Waals surface area contributed by atoms with Crippen LogP contribution in [-0.4, -0.2) is 24.5 Å². The minimum Gasteiger partial charge on any atom is -0.495 e. The van der Waals surface area contributed by atoms with Crippen molar-refractivity contribution < 1.29 is 13.2 Å². The lowest BCUT2D eigenvalue weighted by Crippen LogP contribution is -2.25. The fraction of sp³-hybridized carbons (Fsp3) is 0.188. The van der Waals surface area contributed by atoms with Crippen molar-refractivity contribution in [3.63, 3.8) is 0 Å². The monoisotopic (exact) mass is 347 g/mol. The third kappa shape index (κ3) is 2.35. The SMILES string of the molecule is COc1cc(C)c(C)cc1S(=O)(=O)n1c(=O)[nH]c2ccc(N)cc21. The Hall–Kier alpha value is -2.74. The summed E-state index contributed by atoms with van der Waals surface area (Å²) in [6.45, 7) is 3.65. The first-order valence-corrected chi connectivity index (χ1v) is 8.61. The lowest BCUT2D eigenvalue weighted by Gasteiger charge is -2.13. The second-order valence-electron chi connectivity index (χ2n) is 5.56. The fourth-order valence-electron chi connectivity index (χ4n) is 2.56. The van der Waals surface area contributed by atoms with Crippen molar-refractivity contribution in [2.24, 2.45) is 0 Å². The number of benzene rings is 2. The number of hydrogen-bond acceptors (Lipinski definition) is 5. The third-order valence-corrected chi connectivity index (χ3v) is 5.68. The van der Waals surface area contributed by atoms with E-state index >= 15 is 0 Å². The predicted molar refractivity (Wildman–Crippen MR) is 92.0 cm³/mol. The highest BCUT2D eigenvalue weighted by molar-refractivity contribution is 7.90. The maximum absolute atomic E-state index is 13.1. The average Bonchev–Trinajstić information content (AvgIpc) is 2.85. The highest BCUT2D eigenvalue weighted by Gasteiger charge is 2.27. The molecule has 3 rings (SSSR count). The van der Waals surface area contributed by atoms with E-state index in [1.807, 2.05) is 6.92 Å². The number of ether oxygens (including phenoxy) is 1. The number of H-pyrrole nitrogens is 1. The molecule has 7 nitrogen and oxygen atoms in total. The molecule has 0 saturated carbocycles. The smallest absolute Gasteiger partial charge is 0.340 e. The molecule has 2 aromatic carbocycles. The van der Waals surface area contributed by atoms with Crippen LogP contribution in [0.15, 0.2) is 40.0 Å². The predicted octanol–water partition coefficient (Wildman–Crippen LogP) is 1.77. The normalized spacial score (nSPS) is 11.8. The second-order valence-corrected chi connectivity index (χ2v) is 7.32. The Labute approximate surface area is 138 Å². The highest BCUT2D eigenvalue weighted by atomic mass is 32.2. The van der Waals surface area contributed by atoms with Gasteiger partial charge >= 0.3 is 5.69 Å². The Morgan fingerprint density at radius 1 is 1.12 bits per heavy atom. The molecule has 0 saturated heterocycles. The summed E-state index contributed by atoms with van der Waals surface area (Å²) < 4.78 is 32.1. The number of nitrogens with two attached hydrogens (primary N) is 1. The Morgan fingerprint density at radius 2 is 1.79 bits per heavy atom. The molecule has 0 unspecified atom stereocenters. The van der Waals surface area contributed by atoms with E-state index in [0.29, 0.717) is 15.2 Å². The van der Waals surface area contributed by atoms with Crippen molar-refractivity contribution in [3.8, 4) is 5.75 Å². The van der Waals surface area contributed by atoms with Crippen molar-refractivity contribution >= 4 is 26.7 Å². The summed E-state index contributed by atoms with van der Waals surface area (Å²) in [6.07, 6.45) is 0. The minimum absolute atomic E-state index is 0.0708. The van der Waals surface area contributed by atoms with Gasteiger partial charge < -0.3 is 15.5 Å². The third-order valence-electron chi connectivity index (χ3n) is 3.96. The standard InChI is InChI=1S/C16H17N3O4S/c1-9-6-14(23-3)15(7-10(9)2)24(21,22)19-13-8-11(17)4-5-12(13)18-16(19)20/h4-8H,17H2,1-3H3,(H,18,20). The fourth-order valence-corrected chi connectivity index (χ4v) is 4.15. The summed E-state index contributed by atoms with van der Waals surface area (Å²) >= 11 is 0. The van der Waals surface area contributed by atoms with E-state index in [4.69, 9.17) is 10.5 Å². The molecule has 3 N–H and O–H groups in total. The zero-order valence-corrected chi connectivity index (χ0v) is 14.3. The van der Waals surface area contributed by atoms with E-state index < -0.39 is 15.7 Å². The quantitative estimate of drug-likeness (QED) is 0.702. The van der Waals surface area contributed by atoms with E-state index in [1.54, 1.807) is 25.1 Å². The number of hydrogen-bond donors (Lipinski definition) is 2. The molecule has 126 valence electrons. The molecule has 1 aromatic heterocycles. The molecule has 0 atom stereocenters. The maximum atomic E-state index is 13.1. The first-order valence-electron chi connectivity index (χ1n) is 7.17. The number of nitrogens with zero attached hydrogens (tertiary/aromatic N) is 1. The summed E-state index contributed by atoms with van der Waals surface area (Å²) in [4.78, 5) is 14.7. The van der Waals surface area contributed by atoms with Gasteiger partial charge in [-0.25, -0.2) is 13.2 Å². The van der Waals surface area contributed by atoms with Crippen LogP contribution >= 0.6 is 0 Å². The molecule has 0 aliphatic rings. The van der Waals surface area contributed by atoms with Gasteiger partial charge in [0.2, 0.25) is 0 Å². The Bertz CT molecular complexity index is 1110. The van der Waals surface area contributed by atoms with Crippen LogP contribution in [0.1, 0.15) is 11.1 Å². The van der Waals surface area contributed by atoms with Gasteiger partial charge in [-0.05, 0) is 55.3 Å². The van der Waals surface area contributed by atoms with Crippen molar-refractivity contribution in [1.82, 2.24) is 8.96 Å². The summed E-state index contributed by atoms with van der Waals surface area (Å²) in [5.74, 6) is 0.184. The number of fused-ring (bicyclic) bond motifs is 1. The van der Waals surface area contributed by atoms with Gasteiger partial charge in [0, 0.05) is 5.69 Å². The van der Waals surface area contributed by atoms with Gasteiger partial charge in [0.15, 0.2) is 0 Å².